The quantitative estimate of drug-likeness (QED) is 0.731. The first kappa shape index (κ1) is 21.7. The van der Waals surface area contributed by atoms with Crippen molar-refractivity contribution in [3.63, 3.8) is 0 Å². The van der Waals surface area contributed by atoms with Crippen molar-refractivity contribution in [3.05, 3.63) is 59.9 Å². The second-order valence-corrected chi connectivity index (χ2v) is 10.3. The number of likely N-dealkylation sites (tertiary alicyclic amines) is 1. The number of carbonyl (C=O) groups is 1. The average molecular weight is 448 g/mol. The molecule has 1 atom stereocenters. The number of rotatable bonds is 6. The third-order valence-electron chi connectivity index (χ3n) is 6.25. The SMILES string of the molecule is COc1ccc(F)cc1S(=O)(=O)N1CC2(CN(C)CC2CNC(=O)c2ccccc2)C1. The van der Waals surface area contributed by atoms with Crippen LogP contribution in [0.1, 0.15) is 10.4 Å². The first-order valence-electron chi connectivity index (χ1n) is 10.1. The Morgan fingerprint density at radius 3 is 2.58 bits per heavy atom. The number of carbonyl (C=O) groups excluding carboxylic acids is 1. The first-order chi connectivity index (χ1) is 14.7. The van der Waals surface area contributed by atoms with Gasteiger partial charge in [0.1, 0.15) is 16.5 Å². The number of benzene rings is 2. The predicted molar refractivity (Wildman–Crippen MR) is 114 cm³/mol. The topological polar surface area (TPSA) is 79.0 Å². The van der Waals surface area contributed by atoms with E-state index in [1.54, 1.807) is 12.1 Å². The second-order valence-electron chi connectivity index (χ2n) is 8.40. The molecule has 0 radical (unpaired) electrons. The molecule has 2 aliphatic heterocycles. The van der Waals surface area contributed by atoms with Crippen LogP contribution >= 0.6 is 0 Å². The van der Waals surface area contributed by atoms with Crippen LogP contribution in [0.5, 0.6) is 5.75 Å². The molecule has 7 nitrogen and oxygen atoms in total. The van der Waals surface area contributed by atoms with Crippen LogP contribution in [-0.4, -0.2) is 70.4 Å². The number of nitrogens with zero attached hydrogens (tertiary/aromatic N) is 2. The maximum Gasteiger partial charge on any atom is 0.251 e. The van der Waals surface area contributed by atoms with Gasteiger partial charge in [-0.3, -0.25) is 4.79 Å². The van der Waals surface area contributed by atoms with E-state index in [9.17, 15) is 17.6 Å². The van der Waals surface area contributed by atoms with Crippen molar-refractivity contribution >= 4 is 15.9 Å². The van der Waals surface area contributed by atoms with E-state index < -0.39 is 15.8 Å². The van der Waals surface area contributed by atoms with Gasteiger partial charge in [-0.1, -0.05) is 18.2 Å². The van der Waals surface area contributed by atoms with Crippen molar-refractivity contribution in [2.75, 3.05) is 46.9 Å². The van der Waals surface area contributed by atoms with Crippen LogP contribution in [-0.2, 0) is 10.0 Å². The van der Waals surface area contributed by atoms with Crippen LogP contribution in [0.25, 0.3) is 0 Å². The molecule has 0 aromatic heterocycles. The van der Waals surface area contributed by atoms with Gasteiger partial charge in [0.2, 0.25) is 10.0 Å². The molecule has 1 unspecified atom stereocenters. The van der Waals surface area contributed by atoms with Crippen molar-refractivity contribution in [3.8, 4) is 5.75 Å². The Hall–Kier alpha value is -2.49. The van der Waals surface area contributed by atoms with Crippen LogP contribution < -0.4 is 10.1 Å². The lowest BCUT2D eigenvalue weighted by Crippen LogP contribution is -2.63. The van der Waals surface area contributed by atoms with Crippen LogP contribution in [0, 0.1) is 17.2 Å². The molecule has 2 heterocycles. The predicted octanol–water partition coefficient (Wildman–Crippen LogP) is 1.82. The number of hydrogen-bond donors (Lipinski definition) is 1. The summed E-state index contributed by atoms with van der Waals surface area (Å²) in [6, 6.07) is 12.5. The zero-order valence-corrected chi connectivity index (χ0v) is 18.4. The van der Waals surface area contributed by atoms with E-state index >= 15 is 0 Å². The fraction of sp³-hybridized carbons (Fsp3) is 0.409. The maximum absolute atomic E-state index is 13.7. The van der Waals surface area contributed by atoms with Crippen molar-refractivity contribution in [2.24, 2.45) is 11.3 Å². The third kappa shape index (κ3) is 4.05. The molecule has 2 aliphatic rings. The Morgan fingerprint density at radius 1 is 1.19 bits per heavy atom. The molecule has 31 heavy (non-hydrogen) atoms. The van der Waals surface area contributed by atoms with E-state index in [1.165, 1.54) is 23.5 Å². The summed E-state index contributed by atoms with van der Waals surface area (Å²) in [5, 5.41) is 2.99. The third-order valence-corrected chi connectivity index (χ3v) is 8.07. The second kappa shape index (κ2) is 8.22. The molecule has 0 saturated carbocycles. The molecular formula is C22H26FN3O4S. The fourth-order valence-electron chi connectivity index (χ4n) is 4.67. The Balaban J connectivity index is 1.47. The van der Waals surface area contributed by atoms with E-state index in [0.717, 1.165) is 19.2 Å². The summed E-state index contributed by atoms with van der Waals surface area (Å²) in [7, 11) is -0.528. The van der Waals surface area contributed by atoms with Crippen molar-refractivity contribution < 1.29 is 22.3 Å². The Morgan fingerprint density at radius 2 is 1.90 bits per heavy atom. The smallest absolute Gasteiger partial charge is 0.251 e. The molecule has 2 fully saturated rings. The first-order valence-corrected chi connectivity index (χ1v) is 11.5. The van der Waals surface area contributed by atoms with Gasteiger partial charge in [0.25, 0.3) is 5.91 Å². The van der Waals surface area contributed by atoms with Gasteiger partial charge in [0.15, 0.2) is 0 Å². The average Bonchev–Trinajstić information content (AvgIpc) is 3.08. The lowest BCUT2D eigenvalue weighted by molar-refractivity contribution is 0.0398. The van der Waals surface area contributed by atoms with E-state index in [2.05, 4.69) is 10.2 Å². The zero-order chi connectivity index (χ0) is 22.2. The van der Waals surface area contributed by atoms with E-state index in [4.69, 9.17) is 4.74 Å². The number of amides is 1. The molecule has 1 spiro atoms. The van der Waals surface area contributed by atoms with E-state index in [0.29, 0.717) is 25.2 Å². The molecule has 0 aliphatic carbocycles. The van der Waals surface area contributed by atoms with Gasteiger partial charge in [0.05, 0.1) is 7.11 Å². The fourth-order valence-corrected chi connectivity index (χ4v) is 6.46. The lowest BCUT2D eigenvalue weighted by Gasteiger charge is -2.50. The van der Waals surface area contributed by atoms with Crippen molar-refractivity contribution in [1.82, 2.24) is 14.5 Å². The summed E-state index contributed by atoms with van der Waals surface area (Å²) in [4.78, 5) is 14.4. The number of methoxy groups -OCH3 is 1. The molecule has 1 N–H and O–H groups in total. The van der Waals surface area contributed by atoms with Crippen LogP contribution in [0.3, 0.4) is 0 Å². The van der Waals surface area contributed by atoms with Gasteiger partial charge in [-0.2, -0.15) is 4.31 Å². The highest BCUT2D eigenvalue weighted by molar-refractivity contribution is 7.89. The Bertz CT molecular complexity index is 1070. The zero-order valence-electron chi connectivity index (χ0n) is 17.5. The van der Waals surface area contributed by atoms with Crippen LogP contribution in [0.15, 0.2) is 53.4 Å². The highest BCUT2D eigenvalue weighted by atomic mass is 32.2. The molecule has 2 saturated heterocycles. The maximum atomic E-state index is 13.7. The van der Waals surface area contributed by atoms with Crippen molar-refractivity contribution in [2.45, 2.75) is 4.90 Å². The van der Waals surface area contributed by atoms with Gasteiger partial charge < -0.3 is 15.0 Å². The van der Waals surface area contributed by atoms with Gasteiger partial charge in [-0.25, -0.2) is 12.8 Å². The van der Waals surface area contributed by atoms with Gasteiger partial charge in [-0.05, 0) is 43.3 Å². The van der Waals surface area contributed by atoms with Crippen LogP contribution in [0.4, 0.5) is 4.39 Å². The summed E-state index contributed by atoms with van der Waals surface area (Å²) >= 11 is 0. The summed E-state index contributed by atoms with van der Waals surface area (Å²) in [5.74, 6) is -0.529. The molecule has 0 bridgehead atoms. The normalized spacial score (nSPS) is 21.1. The van der Waals surface area contributed by atoms with E-state index in [-0.39, 0.29) is 27.9 Å². The highest BCUT2D eigenvalue weighted by Gasteiger charge is 2.56. The molecule has 1 amide bonds. The number of hydrogen-bond acceptors (Lipinski definition) is 5. The molecule has 2 aromatic carbocycles. The van der Waals surface area contributed by atoms with Gasteiger partial charge in [0, 0.05) is 43.7 Å². The van der Waals surface area contributed by atoms with Crippen LogP contribution in [0.2, 0.25) is 0 Å². The standard InChI is InChI=1S/C22H26FN3O4S/c1-25-12-17(11-24-21(27)16-6-4-3-5-7-16)22(13-25)14-26(15-22)31(28,29)20-10-18(23)8-9-19(20)30-2/h3-10,17H,11-15H2,1-2H3,(H,24,27). The van der Waals surface area contributed by atoms with E-state index in [1.807, 2.05) is 25.2 Å². The minimum absolute atomic E-state index is 0.117. The molecule has 2 aromatic rings. The monoisotopic (exact) mass is 447 g/mol. The Labute approximate surface area is 181 Å². The number of halogens is 1. The summed E-state index contributed by atoms with van der Waals surface area (Å²) in [6.07, 6.45) is 0. The molecule has 4 rings (SSSR count). The summed E-state index contributed by atoms with van der Waals surface area (Å²) < 4.78 is 46.5. The summed E-state index contributed by atoms with van der Waals surface area (Å²) in [5.41, 5.74) is 0.353. The number of nitrogens with one attached hydrogen (secondary N) is 1. The molecule has 166 valence electrons. The largest absolute Gasteiger partial charge is 0.495 e. The molecule has 9 heteroatoms. The minimum atomic E-state index is -3.88. The minimum Gasteiger partial charge on any atom is -0.495 e. The van der Waals surface area contributed by atoms with Gasteiger partial charge >= 0.3 is 0 Å². The van der Waals surface area contributed by atoms with Crippen molar-refractivity contribution in [1.29, 1.82) is 0 Å². The summed E-state index contributed by atoms with van der Waals surface area (Å²) in [6.45, 7) is 2.63. The Kier molecular flexibility index (Phi) is 5.76. The molecular weight excluding hydrogens is 421 g/mol. The lowest BCUT2D eigenvalue weighted by atomic mass is 9.73. The highest BCUT2D eigenvalue weighted by Crippen LogP contribution is 2.46. The van der Waals surface area contributed by atoms with Gasteiger partial charge in [-0.15, -0.1) is 0 Å². The number of sulfonamides is 1. The number of ether oxygens (including phenoxy) is 1.